The van der Waals surface area contributed by atoms with Gasteiger partial charge in [0, 0.05) is 17.0 Å². The van der Waals surface area contributed by atoms with Gasteiger partial charge in [-0.25, -0.2) is 0 Å². The van der Waals surface area contributed by atoms with Crippen molar-refractivity contribution in [3.63, 3.8) is 0 Å². The second kappa shape index (κ2) is 6.46. The Morgan fingerprint density at radius 3 is 2.35 bits per heavy atom. The lowest BCUT2D eigenvalue weighted by molar-refractivity contribution is 0.0195. The fraction of sp³-hybridized carbons (Fsp3) is 0.647. The summed E-state index contributed by atoms with van der Waals surface area (Å²) in [5.74, 6) is 0.378. The van der Waals surface area contributed by atoms with E-state index in [9.17, 15) is 5.11 Å². The van der Waals surface area contributed by atoms with E-state index in [2.05, 4.69) is 4.90 Å². The van der Waals surface area contributed by atoms with Gasteiger partial charge in [-0.15, -0.1) is 0 Å². The van der Waals surface area contributed by atoms with E-state index in [1.165, 1.54) is 45.2 Å². The number of rotatable bonds is 3. The molecule has 1 aliphatic heterocycles. The molecule has 110 valence electrons. The molecule has 0 radical (unpaired) electrons. The average Bonchev–Trinajstić information content (AvgIpc) is 3.01. The molecule has 1 aromatic rings. The van der Waals surface area contributed by atoms with Crippen molar-refractivity contribution in [2.75, 3.05) is 13.1 Å². The van der Waals surface area contributed by atoms with Crippen LogP contribution in [-0.4, -0.2) is 29.1 Å². The third-order valence-corrected chi connectivity index (χ3v) is 5.26. The predicted octanol–water partition coefficient (Wildman–Crippen LogP) is 4.03. The Kier molecular flexibility index (Phi) is 4.65. The van der Waals surface area contributed by atoms with Gasteiger partial charge in [0.2, 0.25) is 0 Å². The first-order valence-corrected chi connectivity index (χ1v) is 8.31. The van der Waals surface area contributed by atoms with Crippen molar-refractivity contribution in [1.82, 2.24) is 4.90 Å². The third-order valence-electron chi connectivity index (χ3n) is 5.01. The van der Waals surface area contributed by atoms with E-state index in [-0.39, 0.29) is 6.10 Å². The molecule has 20 heavy (non-hydrogen) atoms. The van der Waals surface area contributed by atoms with Crippen LogP contribution in [0.2, 0.25) is 5.02 Å². The van der Waals surface area contributed by atoms with E-state index in [1.54, 1.807) is 0 Å². The SMILES string of the molecule is O[C@H](c1ccc(Cl)cc1)[C@H]1CCCC[C@@H]1N1CCCC1. The summed E-state index contributed by atoms with van der Waals surface area (Å²) < 4.78 is 0. The van der Waals surface area contributed by atoms with Crippen LogP contribution in [0.15, 0.2) is 24.3 Å². The van der Waals surface area contributed by atoms with Gasteiger partial charge in [-0.3, -0.25) is 0 Å². The zero-order valence-electron chi connectivity index (χ0n) is 12.0. The molecule has 0 aromatic heterocycles. The Hall–Kier alpha value is -0.570. The summed E-state index contributed by atoms with van der Waals surface area (Å²) in [6.45, 7) is 2.43. The van der Waals surface area contributed by atoms with Crippen molar-refractivity contribution < 1.29 is 5.11 Å². The van der Waals surface area contributed by atoms with Gasteiger partial charge < -0.3 is 10.0 Å². The molecule has 1 N–H and O–H groups in total. The number of hydrogen-bond donors (Lipinski definition) is 1. The van der Waals surface area contributed by atoms with E-state index in [4.69, 9.17) is 11.6 Å². The smallest absolute Gasteiger partial charge is 0.0833 e. The van der Waals surface area contributed by atoms with Crippen LogP contribution in [0.3, 0.4) is 0 Å². The molecule has 1 aromatic carbocycles. The predicted molar refractivity (Wildman–Crippen MR) is 83.0 cm³/mol. The van der Waals surface area contributed by atoms with E-state index < -0.39 is 0 Å². The molecule has 1 aliphatic carbocycles. The molecule has 0 amide bonds. The molecule has 0 unspecified atom stereocenters. The van der Waals surface area contributed by atoms with Gasteiger partial charge >= 0.3 is 0 Å². The van der Waals surface area contributed by atoms with Crippen LogP contribution < -0.4 is 0 Å². The zero-order valence-corrected chi connectivity index (χ0v) is 12.7. The van der Waals surface area contributed by atoms with Crippen molar-refractivity contribution in [3.05, 3.63) is 34.9 Å². The van der Waals surface area contributed by atoms with E-state index in [0.717, 1.165) is 17.0 Å². The van der Waals surface area contributed by atoms with Crippen molar-refractivity contribution >= 4 is 11.6 Å². The first-order valence-electron chi connectivity index (χ1n) is 7.93. The van der Waals surface area contributed by atoms with E-state index >= 15 is 0 Å². The summed E-state index contributed by atoms with van der Waals surface area (Å²) in [4.78, 5) is 2.61. The lowest BCUT2D eigenvalue weighted by Crippen LogP contribution is -2.43. The number of nitrogens with zero attached hydrogens (tertiary/aromatic N) is 1. The molecule has 3 rings (SSSR count). The van der Waals surface area contributed by atoms with Crippen LogP contribution >= 0.6 is 11.6 Å². The average molecular weight is 294 g/mol. The highest BCUT2D eigenvalue weighted by Gasteiger charge is 2.36. The quantitative estimate of drug-likeness (QED) is 0.909. The first-order chi connectivity index (χ1) is 9.75. The standard InChI is InChI=1S/C17H24ClNO/c18-14-9-7-13(8-10-14)17(20)15-5-1-2-6-16(15)19-11-3-4-12-19/h7-10,15-17,20H,1-6,11-12H2/t15-,16-,17+/m0/s1. The Bertz CT molecular complexity index is 427. The summed E-state index contributed by atoms with van der Waals surface area (Å²) in [7, 11) is 0. The molecule has 0 spiro atoms. The van der Waals surface area contributed by atoms with Crippen molar-refractivity contribution in [2.24, 2.45) is 5.92 Å². The molecule has 1 heterocycles. The van der Waals surface area contributed by atoms with Crippen LogP contribution in [0.1, 0.15) is 50.2 Å². The minimum Gasteiger partial charge on any atom is -0.388 e. The maximum atomic E-state index is 10.8. The molecule has 2 nitrogen and oxygen atoms in total. The third kappa shape index (κ3) is 3.03. The Morgan fingerprint density at radius 2 is 1.65 bits per heavy atom. The molecule has 0 bridgehead atoms. The van der Waals surface area contributed by atoms with Crippen molar-refractivity contribution in [1.29, 1.82) is 0 Å². The van der Waals surface area contributed by atoms with Crippen LogP contribution in [0.4, 0.5) is 0 Å². The van der Waals surface area contributed by atoms with Gasteiger partial charge in [0.25, 0.3) is 0 Å². The fourth-order valence-electron chi connectivity index (χ4n) is 3.94. The summed E-state index contributed by atoms with van der Waals surface area (Å²) >= 11 is 5.94. The van der Waals surface area contributed by atoms with Gasteiger partial charge in [-0.05, 0) is 56.5 Å². The maximum Gasteiger partial charge on any atom is 0.0833 e. The summed E-state index contributed by atoms with van der Waals surface area (Å²) in [6, 6.07) is 8.28. The summed E-state index contributed by atoms with van der Waals surface area (Å²) in [6.07, 6.45) is 7.24. The Balaban J connectivity index is 1.76. The highest BCUT2D eigenvalue weighted by atomic mass is 35.5. The molecule has 3 atom stereocenters. The highest BCUT2D eigenvalue weighted by Crippen LogP contribution is 2.38. The maximum absolute atomic E-state index is 10.8. The summed E-state index contributed by atoms with van der Waals surface area (Å²) in [5.41, 5.74) is 1.02. The minimum atomic E-state index is -0.349. The normalized spacial score (nSPS) is 29.5. The van der Waals surface area contributed by atoms with Gasteiger partial charge in [0.15, 0.2) is 0 Å². The van der Waals surface area contributed by atoms with Crippen LogP contribution in [0.5, 0.6) is 0 Å². The van der Waals surface area contributed by atoms with Crippen LogP contribution in [0, 0.1) is 5.92 Å². The fourth-order valence-corrected chi connectivity index (χ4v) is 4.07. The number of likely N-dealkylation sites (tertiary alicyclic amines) is 1. The molecule has 2 fully saturated rings. The first kappa shape index (κ1) is 14.4. The molecule has 1 saturated carbocycles. The molecule has 2 aliphatic rings. The topological polar surface area (TPSA) is 23.5 Å². The number of benzene rings is 1. The van der Waals surface area contributed by atoms with Crippen LogP contribution in [0.25, 0.3) is 0 Å². The second-order valence-corrected chi connectivity index (χ2v) is 6.69. The minimum absolute atomic E-state index is 0.349. The number of halogens is 1. The van der Waals surface area contributed by atoms with Crippen LogP contribution in [-0.2, 0) is 0 Å². The van der Waals surface area contributed by atoms with Gasteiger partial charge in [-0.1, -0.05) is 36.6 Å². The molecular formula is C17H24ClNO. The highest BCUT2D eigenvalue weighted by molar-refractivity contribution is 6.30. The lowest BCUT2D eigenvalue weighted by atomic mass is 9.78. The van der Waals surface area contributed by atoms with Gasteiger partial charge in [0.1, 0.15) is 0 Å². The van der Waals surface area contributed by atoms with E-state index in [0.29, 0.717) is 12.0 Å². The summed E-state index contributed by atoms with van der Waals surface area (Å²) in [5, 5.41) is 11.5. The Morgan fingerprint density at radius 1 is 1.00 bits per heavy atom. The molecular weight excluding hydrogens is 270 g/mol. The second-order valence-electron chi connectivity index (χ2n) is 6.26. The monoisotopic (exact) mass is 293 g/mol. The van der Waals surface area contributed by atoms with Gasteiger partial charge in [-0.2, -0.15) is 0 Å². The lowest BCUT2D eigenvalue weighted by Gasteiger charge is -2.40. The van der Waals surface area contributed by atoms with Crippen molar-refractivity contribution in [3.8, 4) is 0 Å². The Labute approximate surface area is 126 Å². The molecule has 1 saturated heterocycles. The van der Waals surface area contributed by atoms with E-state index in [1.807, 2.05) is 24.3 Å². The number of aliphatic hydroxyl groups excluding tert-OH is 1. The van der Waals surface area contributed by atoms with Crippen molar-refractivity contribution in [2.45, 2.75) is 50.7 Å². The van der Waals surface area contributed by atoms with Gasteiger partial charge in [0.05, 0.1) is 6.10 Å². The number of aliphatic hydroxyl groups is 1. The number of hydrogen-bond acceptors (Lipinski definition) is 2. The molecule has 3 heteroatoms. The zero-order chi connectivity index (χ0) is 13.9. The largest absolute Gasteiger partial charge is 0.388 e.